The molecule has 1 aromatic carbocycles. The summed E-state index contributed by atoms with van der Waals surface area (Å²) in [5.41, 5.74) is 9.18. The van der Waals surface area contributed by atoms with Gasteiger partial charge < -0.3 is 10.6 Å². The number of rotatable bonds is 4. The highest BCUT2D eigenvalue weighted by Gasteiger charge is 2.05. The van der Waals surface area contributed by atoms with Crippen molar-refractivity contribution in [3.05, 3.63) is 23.8 Å². The molecule has 0 bridgehead atoms. The highest BCUT2D eigenvalue weighted by molar-refractivity contribution is 5.63. The van der Waals surface area contributed by atoms with Crippen LogP contribution in [-0.4, -0.2) is 13.6 Å². The summed E-state index contributed by atoms with van der Waals surface area (Å²) in [5, 5.41) is 0. The maximum atomic E-state index is 5.86. The second-order valence-electron chi connectivity index (χ2n) is 3.77. The number of unbranched alkanes of at least 4 members (excludes halogenated alkanes) is 1. The van der Waals surface area contributed by atoms with E-state index < -0.39 is 0 Å². The number of nitrogens with zero attached hydrogens (tertiary/aromatic N) is 1. The molecule has 0 aliphatic heterocycles. The number of hydrogen-bond acceptors (Lipinski definition) is 2. The van der Waals surface area contributed by atoms with Crippen molar-refractivity contribution in [2.24, 2.45) is 0 Å². The zero-order valence-electron chi connectivity index (χ0n) is 9.38. The van der Waals surface area contributed by atoms with Gasteiger partial charge in [0.05, 0.1) is 0 Å². The largest absolute Gasteiger partial charge is 0.398 e. The molecule has 2 heteroatoms. The summed E-state index contributed by atoms with van der Waals surface area (Å²) >= 11 is 0. The Morgan fingerprint density at radius 1 is 1.36 bits per heavy atom. The first-order valence-corrected chi connectivity index (χ1v) is 5.23. The zero-order chi connectivity index (χ0) is 10.6. The highest BCUT2D eigenvalue weighted by Crippen LogP contribution is 2.23. The normalized spacial score (nSPS) is 10.2. The molecular formula is C12H20N2. The molecule has 0 aliphatic carbocycles. The van der Waals surface area contributed by atoms with Crippen molar-refractivity contribution in [2.75, 3.05) is 24.2 Å². The molecule has 0 saturated heterocycles. The van der Waals surface area contributed by atoms with Crippen molar-refractivity contribution in [3.63, 3.8) is 0 Å². The van der Waals surface area contributed by atoms with Gasteiger partial charge in [-0.25, -0.2) is 0 Å². The molecule has 0 spiro atoms. The van der Waals surface area contributed by atoms with Crippen LogP contribution < -0.4 is 10.6 Å². The Bertz CT molecular complexity index is 294. The average molecular weight is 192 g/mol. The van der Waals surface area contributed by atoms with Crippen molar-refractivity contribution >= 4 is 11.4 Å². The monoisotopic (exact) mass is 192 g/mol. The number of hydrogen-bond donors (Lipinski definition) is 1. The first kappa shape index (κ1) is 10.9. The van der Waals surface area contributed by atoms with Gasteiger partial charge in [-0.3, -0.25) is 0 Å². The molecule has 78 valence electrons. The topological polar surface area (TPSA) is 29.3 Å². The summed E-state index contributed by atoms with van der Waals surface area (Å²) in [6.45, 7) is 5.38. The molecule has 0 saturated carbocycles. The fourth-order valence-corrected chi connectivity index (χ4v) is 1.57. The molecule has 2 nitrogen and oxygen atoms in total. The van der Waals surface area contributed by atoms with Gasteiger partial charge in [0.1, 0.15) is 0 Å². The van der Waals surface area contributed by atoms with E-state index in [-0.39, 0.29) is 0 Å². The molecule has 0 aromatic heterocycles. The molecule has 0 unspecified atom stereocenters. The standard InChI is InChI=1S/C12H20N2/c1-4-5-9-14(3)12-8-6-7-11(13)10(12)2/h6-8H,4-5,9,13H2,1-3H3. The van der Waals surface area contributed by atoms with Gasteiger partial charge in [0.25, 0.3) is 0 Å². The summed E-state index contributed by atoms with van der Waals surface area (Å²) in [7, 11) is 2.12. The van der Waals surface area contributed by atoms with E-state index in [4.69, 9.17) is 5.73 Å². The summed E-state index contributed by atoms with van der Waals surface area (Å²) in [4.78, 5) is 2.27. The van der Waals surface area contributed by atoms with E-state index in [0.717, 1.165) is 12.2 Å². The SMILES string of the molecule is CCCCN(C)c1cccc(N)c1C. The highest BCUT2D eigenvalue weighted by atomic mass is 15.1. The molecule has 0 heterocycles. The van der Waals surface area contributed by atoms with Gasteiger partial charge in [-0.15, -0.1) is 0 Å². The van der Waals surface area contributed by atoms with Crippen molar-refractivity contribution in [2.45, 2.75) is 26.7 Å². The van der Waals surface area contributed by atoms with Crippen LogP contribution in [0.5, 0.6) is 0 Å². The minimum Gasteiger partial charge on any atom is -0.398 e. The van der Waals surface area contributed by atoms with E-state index in [9.17, 15) is 0 Å². The molecule has 1 aromatic rings. The minimum absolute atomic E-state index is 0.880. The van der Waals surface area contributed by atoms with E-state index in [1.807, 2.05) is 12.1 Å². The van der Waals surface area contributed by atoms with E-state index in [1.54, 1.807) is 0 Å². The first-order chi connectivity index (χ1) is 6.66. The summed E-state index contributed by atoms with van der Waals surface area (Å²) in [5.74, 6) is 0. The smallest absolute Gasteiger partial charge is 0.0414 e. The van der Waals surface area contributed by atoms with Crippen LogP contribution in [0.4, 0.5) is 11.4 Å². The Labute approximate surface area is 86.7 Å². The molecule has 0 aliphatic rings. The Morgan fingerprint density at radius 2 is 2.07 bits per heavy atom. The van der Waals surface area contributed by atoms with Crippen molar-refractivity contribution in [1.29, 1.82) is 0 Å². The fraction of sp³-hybridized carbons (Fsp3) is 0.500. The predicted molar refractivity (Wildman–Crippen MR) is 63.8 cm³/mol. The Kier molecular flexibility index (Phi) is 3.81. The first-order valence-electron chi connectivity index (χ1n) is 5.23. The third-order valence-corrected chi connectivity index (χ3v) is 2.61. The van der Waals surface area contributed by atoms with Crippen LogP contribution in [0, 0.1) is 6.92 Å². The minimum atomic E-state index is 0.880. The number of nitrogen functional groups attached to an aromatic ring is 1. The lowest BCUT2D eigenvalue weighted by Crippen LogP contribution is -2.19. The van der Waals surface area contributed by atoms with E-state index in [0.29, 0.717) is 0 Å². The Hall–Kier alpha value is -1.18. The maximum Gasteiger partial charge on any atom is 0.0414 e. The van der Waals surface area contributed by atoms with Gasteiger partial charge in [0.15, 0.2) is 0 Å². The number of nitrogens with two attached hydrogens (primary N) is 1. The molecule has 1 rings (SSSR count). The van der Waals surface area contributed by atoms with Crippen molar-refractivity contribution in [1.82, 2.24) is 0 Å². The van der Waals surface area contributed by atoms with Crippen LogP contribution in [0.3, 0.4) is 0 Å². The summed E-state index contributed by atoms with van der Waals surface area (Å²) in [6, 6.07) is 6.09. The van der Waals surface area contributed by atoms with Gasteiger partial charge >= 0.3 is 0 Å². The molecular weight excluding hydrogens is 172 g/mol. The second kappa shape index (κ2) is 4.89. The Morgan fingerprint density at radius 3 is 2.71 bits per heavy atom. The van der Waals surface area contributed by atoms with Gasteiger partial charge in [-0.2, -0.15) is 0 Å². The third kappa shape index (κ3) is 2.41. The van der Waals surface area contributed by atoms with Crippen molar-refractivity contribution < 1.29 is 0 Å². The van der Waals surface area contributed by atoms with E-state index in [1.165, 1.54) is 24.1 Å². The summed E-state index contributed by atoms with van der Waals surface area (Å²) < 4.78 is 0. The van der Waals surface area contributed by atoms with Gasteiger partial charge in [0.2, 0.25) is 0 Å². The molecule has 0 radical (unpaired) electrons. The van der Waals surface area contributed by atoms with Crippen LogP contribution in [0.15, 0.2) is 18.2 Å². The average Bonchev–Trinajstić information content (AvgIpc) is 2.18. The Balaban J connectivity index is 2.79. The number of benzene rings is 1. The van der Waals surface area contributed by atoms with Crippen molar-refractivity contribution in [3.8, 4) is 0 Å². The second-order valence-corrected chi connectivity index (χ2v) is 3.77. The zero-order valence-corrected chi connectivity index (χ0v) is 9.38. The van der Waals surface area contributed by atoms with Gasteiger partial charge in [-0.1, -0.05) is 19.4 Å². The maximum absolute atomic E-state index is 5.86. The lowest BCUT2D eigenvalue weighted by molar-refractivity contribution is 0.765. The van der Waals surface area contributed by atoms with Crippen LogP contribution in [-0.2, 0) is 0 Å². The molecule has 0 amide bonds. The lowest BCUT2D eigenvalue weighted by atomic mass is 10.1. The molecule has 0 fully saturated rings. The van der Waals surface area contributed by atoms with Crippen LogP contribution in [0.25, 0.3) is 0 Å². The van der Waals surface area contributed by atoms with E-state index in [2.05, 4.69) is 31.9 Å². The van der Waals surface area contributed by atoms with Crippen LogP contribution >= 0.6 is 0 Å². The van der Waals surface area contributed by atoms with Crippen LogP contribution in [0.2, 0.25) is 0 Å². The summed E-state index contributed by atoms with van der Waals surface area (Å²) in [6.07, 6.45) is 2.45. The third-order valence-electron chi connectivity index (χ3n) is 2.61. The molecule has 14 heavy (non-hydrogen) atoms. The van der Waals surface area contributed by atoms with Gasteiger partial charge in [0, 0.05) is 25.0 Å². The van der Waals surface area contributed by atoms with Gasteiger partial charge in [-0.05, 0) is 31.0 Å². The van der Waals surface area contributed by atoms with Crippen LogP contribution in [0.1, 0.15) is 25.3 Å². The van der Waals surface area contributed by atoms with E-state index >= 15 is 0 Å². The predicted octanol–water partition coefficient (Wildman–Crippen LogP) is 2.81. The quantitative estimate of drug-likeness (QED) is 0.743. The fourth-order valence-electron chi connectivity index (χ4n) is 1.57. The number of anilines is 2. The molecule has 0 atom stereocenters. The molecule has 2 N–H and O–H groups in total. The lowest BCUT2D eigenvalue weighted by Gasteiger charge is -2.21.